The fourth-order valence-electron chi connectivity index (χ4n) is 0.883. The fourth-order valence-corrected chi connectivity index (χ4v) is 0.883. The molecule has 2 aliphatic rings. The number of aromatic nitrogens is 2. The maximum Gasteiger partial charge on any atom is 0.0361 e. The summed E-state index contributed by atoms with van der Waals surface area (Å²) in [6.45, 7) is 0. The molecule has 0 spiro atoms. The summed E-state index contributed by atoms with van der Waals surface area (Å²) in [5.74, 6) is 0. The molecule has 2 heterocycles. The molecule has 2 aliphatic heterocycles. The van der Waals surface area contributed by atoms with Crippen molar-refractivity contribution in [1.29, 1.82) is 0 Å². The van der Waals surface area contributed by atoms with E-state index in [1.807, 2.05) is 30.9 Å². The van der Waals surface area contributed by atoms with Crippen LogP contribution in [0.4, 0.5) is 0 Å². The molecule has 0 atom stereocenters. The van der Waals surface area contributed by atoms with Gasteiger partial charge in [-0.3, -0.25) is 4.98 Å². The van der Waals surface area contributed by atoms with E-state index in [0.29, 0.717) is 0 Å². The van der Waals surface area contributed by atoms with E-state index in [0.717, 1.165) is 5.56 Å². The van der Waals surface area contributed by atoms with Gasteiger partial charge in [0.05, 0.1) is 0 Å². The van der Waals surface area contributed by atoms with Gasteiger partial charge in [-0.2, -0.15) is 0 Å². The quantitative estimate of drug-likeness (QED) is 0.558. The lowest BCUT2D eigenvalue weighted by Gasteiger charge is -1.91. The summed E-state index contributed by atoms with van der Waals surface area (Å²) in [6.07, 6.45) is 7.52. The predicted octanol–water partition coefficient (Wildman–Crippen LogP) is 1.51. The van der Waals surface area contributed by atoms with Crippen LogP contribution in [0.3, 0.4) is 0 Å². The van der Waals surface area contributed by atoms with Crippen LogP contribution in [0.1, 0.15) is 0 Å². The van der Waals surface area contributed by atoms with E-state index in [2.05, 4.69) is 9.97 Å². The Kier molecular flexibility index (Phi) is 0.803. The topological polar surface area (TPSA) is 28.7 Å². The lowest BCUT2D eigenvalue weighted by molar-refractivity contribution is 1.33. The highest BCUT2D eigenvalue weighted by Gasteiger charge is 1.97. The van der Waals surface area contributed by atoms with Crippen LogP contribution in [-0.4, -0.2) is 9.97 Å². The van der Waals surface area contributed by atoms with E-state index in [1.165, 1.54) is 5.56 Å². The van der Waals surface area contributed by atoms with Crippen LogP contribution in [0.5, 0.6) is 0 Å². The van der Waals surface area contributed by atoms with Crippen molar-refractivity contribution in [2.75, 3.05) is 0 Å². The van der Waals surface area contributed by atoms with Gasteiger partial charge in [-0.15, -0.1) is 0 Å². The average Bonchev–Trinajstić information content (AvgIpc) is 2.33. The van der Waals surface area contributed by atoms with E-state index in [-0.39, 0.29) is 0 Å². The molecule has 0 aliphatic carbocycles. The van der Waals surface area contributed by atoms with E-state index < -0.39 is 0 Å². The van der Waals surface area contributed by atoms with E-state index in [4.69, 9.17) is 0 Å². The number of hydrogen-bond acceptors (Lipinski definition) is 1. The number of aromatic amines is 1. The fraction of sp³-hybridized carbons (Fsp3) is 0. The van der Waals surface area contributed by atoms with Gasteiger partial charge >= 0.3 is 0 Å². The summed E-state index contributed by atoms with van der Waals surface area (Å²) in [5, 5.41) is 0. The van der Waals surface area contributed by atoms with Gasteiger partial charge in [-0.25, -0.2) is 0 Å². The summed E-state index contributed by atoms with van der Waals surface area (Å²) >= 11 is 0. The minimum atomic E-state index is 1.16. The number of pyridine rings is 1. The molecule has 0 aromatic carbocycles. The average molecular weight is 118 g/mol. The minimum absolute atomic E-state index is 1.16. The van der Waals surface area contributed by atoms with Gasteiger partial charge in [0.1, 0.15) is 0 Å². The van der Waals surface area contributed by atoms with E-state index in [9.17, 15) is 0 Å². The summed E-state index contributed by atoms with van der Waals surface area (Å²) in [6, 6.07) is 2.00. The third kappa shape index (κ3) is 0.598. The number of rotatable bonds is 0. The third-order valence-corrected chi connectivity index (χ3v) is 1.36. The zero-order chi connectivity index (χ0) is 6.10. The van der Waals surface area contributed by atoms with Crippen LogP contribution in [0.2, 0.25) is 0 Å². The van der Waals surface area contributed by atoms with Gasteiger partial charge in [0.15, 0.2) is 0 Å². The van der Waals surface area contributed by atoms with Crippen LogP contribution < -0.4 is 0 Å². The smallest absolute Gasteiger partial charge is 0.0361 e. The lowest BCUT2D eigenvalue weighted by atomic mass is 10.2. The molecule has 1 N–H and O–H groups in total. The molecule has 0 saturated carbocycles. The van der Waals surface area contributed by atoms with Gasteiger partial charge in [0.2, 0.25) is 0 Å². The molecule has 0 unspecified atom stereocenters. The molecule has 2 rings (SSSR count). The van der Waals surface area contributed by atoms with Crippen molar-refractivity contribution >= 4 is 0 Å². The minimum Gasteiger partial charge on any atom is -0.367 e. The summed E-state index contributed by atoms with van der Waals surface area (Å²) in [5.41, 5.74) is 2.35. The van der Waals surface area contributed by atoms with Gasteiger partial charge in [-0.05, 0) is 6.07 Å². The Balaban J connectivity index is 2.79. The third-order valence-electron chi connectivity index (χ3n) is 1.36. The molecule has 2 nitrogen and oxygen atoms in total. The van der Waals surface area contributed by atoms with Gasteiger partial charge in [0.25, 0.3) is 0 Å². The largest absolute Gasteiger partial charge is 0.367 e. The Bertz CT molecular complexity index is 247. The molecular weight excluding hydrogens is 112 g/mol. The summed E-state index contributed by atoms with van der Waals surface area (Å²) in [4.78, 5) is 6.96. The van der Waals surface area contributed by atoms with Crippen molar-refractivity contribution in [1.82, 2.24) is 9.97 Å². The van der Waals surface area contributed by atoms with Crippen molar-refractivity contribution in [3.63, 3.8) is 0 Å². The zero-order valence-electron chi connectivity index (χ0n) is 4.83. The monoisotopic (exact) mass is 118 g/mol. The number of nitrogens with zero attached hydrogens (tertiary/aromatic N) is 1. The molecule has 0 radical (unpaired) electrons. The first-order chi connectivity index (χ1) is 4.47. The molecule has 0 aromatic heterocycles. The van der Waals surface area contributed by atoms with Crippen molar-refractivity contribution in [2.45, 2.75) is 0 Å². The Labute approximate surface area is 52.9 Å². The van der Waals surface area contributed by atoms with E-state index in [1.54, 1.807) is 0 Å². The Hall–Kier alpha value is -1.31. The molecule has 0 bridgehead atoms. The molecule has 2 heteroatoms. The highest BCUT2D eigenvalue weighted by Crippen LogP contribution is 2.17. The highest BCUT2D eigenvalue weighted by atomic mass is 14.7. The maximum absolute atomic E-state index is 3.98. The molecule has 0 fully saturated rings. The second kappa shape index (κ2) is 1.58. The lowest BCUT2D eigenvalue weighted by Crippen LogP contribution is -1.72. The second-order valence-corrected chi connectivity index (χ2v) is 1.96. The van der Waals surface area contributed by atoms with Crippen LogP contribution in [0, 0.1) is 0 Å². The van der Waals surface area contributed by atoms with Crippen molar-refractivity contribution in [3.05, 3.63) is 30.9 Å². The van der Waals surface area contributed by atoms with Crippen LogP contribution in [-0.2, 0) is 0 Å². The van der Waals surface area contributed by atoms with Crippen LogP contribution >= 0.6 is 0 Å². The number of H-pyrrole nitrogens is 1. The molecular formula is C7H6N2. The summed E-state index contributed by atoms with van der Waals surface area (Å²) < 4.78 is 0. The number of fused-ring (bicyclic) bond motifs is 1. The second-order valence-electron chi connectivity index (χ2n) is 1.96. The van der Waals surface area contributed by atoms with Crippen LogP contribution in [0.25, 0.3) is 11.1 Å². The Morgan fingerprint density at radius 3 is 3.00 bits per heavy atom. The molecule has 44 valence electrons. The molecule has 0 aromatic rings. The highest BCUT2D eigenvalue weighted by molar-refractivity contribution is 5.61. The molecule has 0 amide bonds. The Morgan fingerprint density at radius 2 is 2.11 bits per heavy atom. The number of nitrogens with one attached hydrogen (secondary N) is 1. The Morgan fingerprint density at radius 1 is 1.22 bits per heavy atom. The molecule has 9 heavy (non-hydrogen) atoms. The van der Waals surface area contributed by atoms with Gasteiger partial charge in [0, 0.05) is 35.9 Å². The predicted molar refractivity (Wildman–Crippen MR) is 35.2 cm³/mol. The maximum atomic E-state index is 3.98. The van der Waals surface area contributed by atoms with Gasteiger partial charge < -0.3 is 4.98 Å². The standard InChI is InChI=1S/C7H6N2/c1-2-8-4-7-5-9-3-6(1)7/h1-5,8H. The molecule has 0 saturated heterocycles. The zero-order valence-corrected chi connectivity index (χ0v) is 4.83. The van der Waals surface area contributed by atoms with Crippen molar-refractivity contribution < 1.29 is 0 Å². The van der Waals surface area contributed by atoms with Gasteiger partial charge in [-0.1, -0.05) is 0 Å². The first-order valence-corrected chi connectivity index (χ1v) is 2.83. The van der Waals surface area contributed by atoms with Crippen molar-refractivity contribution in [3.8, 4) is 11.1 Å². The van der Waals surface area contributed by atoms with Crippen LogP contribution in [0.15, 0.2) is 30.9 Å². The summed E-state index contributed by atoms with van der Waals surface area (Å²) in [7, 11) is 0. The SMILES string of the molecule is c1cc2cncc-2c[nH]1. The first-order valence-electron chi connectivity index (χ1n) is 2.83. The van der Waals surface area contributed by atoms with Crippen molar-refractivity contribution in [2.24, 2.45) is 0 Å². The van der Waals surface area contributed by atoms with E-state index >= 15 is 0 Å². The number of hydrogen-bond donors (Lipinski definition) is 1. The normalized spacial score (nSPS) is 10.2. The first kappa shape index (κ1) is 4.56.